The van der Waals surface area contributed by atoms with Gasteiger partial charge in [-0.25, -0.2) is 0 Å². The summed E-state index contributed by atoms with van der Waals surface area (Å²) in [5.74, 6) is 0.337. The topological polar surface area (TPSA) is 76.7 Å². The molecule has 0 heterocycles. The molecule has 1 aromatic carbocycles. The van der Waals surface area contributed by atoms with Crippen molar-refractivity contribution in [1.82, 2.24) is 0 Å². The Morgan fingerprint density at radius 1 is 1.26 bits per heavy atom. The molecule has 0 aliphatic rings. The lowest BCUT2D eigenvalue weighted by molar-refractivity contribution is -0.143. The highest BCUT2D eigenvalue weighted by molar-refractivity contribution is 14.0. The maximum Gasteiger partial charge on any atom is 0.305 e. The number of aliphatic imine (C=N–C) groups is 1. The third kappa shape index (κ3) is 11.0. The molecule has 0 aliphatic heterocycles. The highest BCUT2D eigenvalue weighted by atomic mass is 127. The number of nitrogens with zero attached hydrogens (tertiary/aromatic N) is 1. The summed E-state index contributed by atoms with van der Waals surface area (Å²) < 4.78 is 4.88. The number of ether oxygens (including phenoxy) is 1. The van der Waals surface area contributed by atoms with Crippen LogP contribution in [-0.4, -0.2) is 25.1 Å². The summed E-state index contributed by atoms with van der Waals surface area (Å²) in [6, 6.07) is 8.01. The Morgan fingerprint density at radius 3 is 2.70 bits per heavy atom. The molecule has 0 saturated heterocycles. The lowest BCUT2D eigenvalue weighted by Crippen LogP contribution is -2.22. The minimum Gasteiger partial charge on any atom is -0.466 e. The predicted molar refractivity (Wildman–Crippen MR) is 106 cm³/mol. The number of rotatable bonds is 9. The van der Waals surface area contributed by atoms with Gasteiger partial charge in [-0.05, 0) is 44.4 Å². The van der Waals surface area contributed by atoms with Gasteiger partial charge in [-0.3, -0.25) is 9.79 Å². The van der Waals surface area contributed by atoms with Gasteiger partial charge in [0, 0.05) is 18.7 Å². The van der Waals surface area contributed by atoms with E-state index in [1.54, 1.807) is 0 Å². The molecular formula is C17H28IN3O2. The molecule has 0 aromatic heterocycles. The highest BCUT2D eigenvalue weighted by Crippen LogP contribution is 2.09. The SMILES string of the molecule is CCOC(=O)CCCCCCN=C(N)Nc1cccc(C)c1.I. The number of carbonyl (C=O) groups is 1. The van der Waals surface area contributed by atoms with Crippen molar-refractivity contribution in [2.24, 2.45) is 10.7 Å². The fraction of sp³-hybridized carbons (Fsp3) is 0.529. The summed E-state index contributed by atoms with van der Waals surface area (Å²) in [6.45, 7) is 5.02. The Balaban J connectivity index is 0.00000484. The summed E-state index contributed by atoms with van der Waals surface area (Å²) >= 11 is 0. The third-order valence-electron chi connectivity index (χ3n) is 3.17. The molecule has 6 heteroatoms. The minimum atomic E-state index is -0.105. The van der Waals surface area contributed by atoms with Crippen LogP contribution in [0.2, 0.25) is 0 Å². The molecule has 0 saturated carbocycles. The van der Waals surface area contributed by atoms with Gasteiger partial charge in [0.25, 0.3) is 0 Å². The summed E-state index contributed by atoms with van der Waals surface area (Å²) in [6.07, 6.45) is 4.41. The van der Waals surface area contributed by atoms with E-state index in [1.165, 1.54) is 5.56 Å². The zero-order valence-electron chi connectivity index (χ0n) is 14.0. The second-order valence-corrected chi connectivity index (χ2v) is 5.23. The number of esters is 1. The molecule has 1 aromatic rings. The standard InChI is InChI=1S/C17H27N3O2.HI/c1-3-22-16(21)11-6-4-5-7-12-19-17(18)20-15-10-8-9-14(2)13-15;/h8-10,13H,3-7,11-12H2,1-2H3,(H3,18,19,20);1H. The monoisotopic (exact) mass is 433 g/mol. The van der Waals surface area contributed by atoms with Crippen molar-refractivity contribution in [3.63, 3.8) is 0 Å². The first-order chi connectivity index (χ1) is 10.6. The number of nitrogens with one attached hydrogen (secondary N) is 1. The molecule has 3 N–H and O–H groups in total. The van der Waals surface area contributed by atoms with Gasteiger partial charge in [0.1, 0.15) is 0 Å². The number of nitrogens with two attached hydrogens (primary N) is 1. The number of carbonyl (C=O) groups excluding carboxylic acids is 1. The van der Waals surface area contributed by atoms with Crippen molar-refractivity contribution in [2.75, 3.05) is 18.5 Å². The van der Waals surface area contributed by atoms with Crippen molar-refractivity contribution in [1.29, 1.82) is 0 Å². The number of guanidine groups is 1. The van der Waals surface area contributed by atoms with E-state index in [2.05, 4.69) is 10.3 Å². The number of aryl methyl sites for hydroxylation is 1. The van der Waals surface area contributed by atoms with Gasteiger partial charge in [-0.15, -0.1) is 24.0 Å². The van der Waals surface area contributed by atoms with Crippen LogP contribution in [0.4, 0.5) is 5.69 Å². The van der Waals surface area contributed by atoms with Crippen molar-refractivity contribution >= 4 is 41.6 Å². The average Bonchev–Trinajstić information content (AvgIpc) is 2.46. The van der Waals surface area contributed by atoms with Crippen molar-refractivity contribution < 1.29 is 9.53 Å². The first kappa shape index (κ1) is 21.7. The third-order valence-corrected chi connectivity index (χ3v) is 3.17. The van der Waals surface area contributed by atoms with E-state index in [9.17, 15) is 4.79 Å². The largest absolute Gasteiger partial charge is 0.466 e. The average molecular weight is 433 g/mol. The van der Waals surface area contributed by atoms with E-state index in [4.69, 9.17) is 10.5 Å². The van der Waals surface area contributed by atoms with Gasteiger partial charge < -0.3 is 15.8 Å². The van der Waals surface area contributed by atoms with Crippen LogP contribution in [0.15, 0.2) is 29.3 Å². The van der Waals surface area contributed by atoms with Gasteiger partial charge in [0.15, 0.2) is 5.96 Å². The van der Waals surface area contributed by atoms with Gasteiger partial charge in [0.2, 0.25) is 0 Å². The van der Waals surface area contributed by atoms with Gasteiger partial charge >= 0.3 is 5.97 Å². The molecule has 0 unspecified atom stereocenters. The molecule has 0 fully saturated rings. The Hall–Kier alpha value is -1.31. The highest BCUT2D eigenvalue weighted by Gasteiger charge is 2.00. The van der Waals surface area contributed by atoms with Crippen molar-refractivity contribution in [2.45, 2.75) is 46.0 Å². The van der Waals surface area contributed by atoms with Crippen LogP contribution in [0.3, 0.4) is 0 Å². The van der Waals surface area contributed by atoms with Crippen LogP contribution < -0.4 is 11.1 Å². The molecule has 0 bridgehead atoms. The number of unbranched alkanes of at least 4 members (excludes halogenated alkanes) is 3. The maximum absolute atomic E-state index is 11.1. The van der Waals surface area contributed by atoms with E-state index in [0.717, 1.165) is 31.4 Å². The van der Waals surface area contributed by atoms with E-state index < -0.39 is 0 Å². The van der Waals surface area contributed by atoms with E-state index in [-0.39, 0.29) is 29.9 Å². The fourth-order valence-corrected chi connectivity index (χ4v) is 2.08. The Morgan fingerprint density at radius 2 is 2.00 bits per heavy atom. The van der Waals surface area contributed by atoms with E-state index >= 15 is 0 Å². The number of benzene rings is 1. The minimum absolute atomic E-state index is 0. The molecule has 1 rings (SSSR count). The predicted octanol–water partition coefficient (Wildman–Crippen LogP) is 3.85. The number of halogens is 1. The summed E-state index contributed by atoms with van der Waals surface area (Å²) in [4.78, 5) is 15.5. The molecule has 0 aliphatic carbocycles. The van der Waals surface area contributed by atoms with Crippen LogP contribution in [0.25, 0.3) is 0 Å². The second-order valence-electron chi connectivity index (χ2n) is 5.23. The van der Waals surface area contributed by atoms with Crippen LogP contribution in [0, 0.1) is 6.92 Å². The lowest BCUT2D eigenvalue weighted by atomic mass is 10.1. The molecule has 130 valence electrons. The van der Waals surface area contributed by atoms with Gasteiger partial charge in [-0.2, -0.15) is 0 Å². The second kappa shape index (κ2) is 13.2. The van der Waals surface area contributed by atoms with Crippen molar-refractivity contribution in [3.05, 3.63) is 29.8 Å². The normalized spacial score (nSPS) is 10.8. The van der Waals surface area contributed by atoms with E-state index in [1.807, 2.05) is 38.1 Å². The lowest BCUT2D eigenvalue weighted by Gasteiger charge is -2.06. The molecule has 5 nitrogen and oxygen atoms in total. The summed E-state index contributed by atoms with van der Waals surface area (Å²) in [7, 11) is 0. The Bertz CT molecular complexity index is 492. The van der Waals surface area contributed by atoms with Crippen LogP contribution in [0.1, 0.15) is 44.6 Å². The molecule has 23 heavy (non-hydrogen) atoms. The molecule has 0 amide bonds. The van der Waals surface area contributed by atoms with Crippen LogP contribution in [-0.2, 0) is 9.53 Å². The van der Waals surface area contributed by atoms with Crippen LogP contribution >= 0.6 is 24.0 Å². The smallest absolute Gasteiger partial charge is 0.305 e. The quantitative estimate of drug-likeness (QED) is 0.204. The van der Waals surface area contributed by atoms with Gasteiger partial charge in [-0.1, -0.05) is 25.0 Å². The molecular weight excluding hydrogens is 405 g/mol. The summed E-state index contributed by atoms with van der Waals surface area (Å²) in [5.41, 5.74) is 7.98. The zero-order valence-corrected chi connectivity index (χ0v) is 16.3. The molecule has 0 radical (unpaired) electrons. The van der Waals surface area contributed by atoms with Gasteiger partial charge in [0.05, 0.1) is 6.61 Å². The molecule has 0 spiro atoms. The summed E-state index contributed by atoms with van der Waals surface area (Å²) in [5, 5.41) is 3.08. The number of hydrogen-bond donors (Lipinski definition) is 2. The van der Waals surface area contributed by atoms with E-state index in [0.29, 0.717) is 25.5 Å². The fourth-order valence-electron chi connectivity index (χ4n) is 2.08. The molecule has 0 atom stereocenters. The Labute approximate surface area is 156 Å². The first-order valence-corrected chi connectivity index (χ1v) is 7.91. The maximum atomic E-state index is 11.1. The Kier molecular flexibility index (Phi) is 12.4. The number of anilines is 1. The van der Waals surface area contributed by atoms with Crippen LogP contribution in [0.5, 0.6) is 0 Å². The van der Waals surface area contributed by atoms with Crippen molar-refractivity contribution in [3.8, 4) is 0 Å². The zero-order chi connectivity index (χ0) is 16.2. The first-order valence-electron chi connectivity index (χ1n) is 7.91. The number of hydrogen-bond acceptors (Lipinski definition) is 3.